The molecule has 0 bridgehead atoms. The van der Waals surface area contributed by atoms with E-state index >= 15 is 0 Å². The molecule has 0 aliphatic carbocycles. The Labute approximate surface area is 142 Å². The second-order valence-electron chi connectivity index (χ2n) is 6.06. The zero-order valence-electron chi connectivity index (χ0n) is 14.3. The minimum Gasteiger partial charge on any atom is -0.352 e. The predicted octanol–water partition coefficient (Wildman–Crippen LogP) is 3.35. The maximum atomic E-state index is 13.2. The third-order valence-corrected chi connectivity index (χ3v) is 3.71. The highest BCUT2D eigenvalue weighted by molar-refractivity contribution is 5.94. The van der Waals surface area contributed by atoms with Crippen LogP contribution in [0.15, 0.2) is 42.6 Å². The molecule has 0 spiro atoms. The fraction of sp³-hybridized carbons (Fsp3) is 0.368. The smallest absolute Gasteiger partial charge is 0.252 e. The summed E-state index contributed by atoms with van der Waals surface area (Å²) in [6.45, 7) is 1.73. The minimum atomic E-state index is -0.301. The highest BCUT2D eigenvalue weighted by Gasteiger charge is 2.07. The highest BCUT2D eigenvalue weighted by atomic mass is 19.1. The van der Waals surface area contributed by atoms with Crippen molar-refractivity contribution in [3.63, 3.8) is 0 Å². The van der Waals surface area contributed by atoms with Gasteiger partial charge in [-0.2, -0.15) is 0 Å². The Morgan fingerprint density at radius 1 is 1.17 bits per heavy atom. The minimum absolute atomic E-state index is 0.124. The van der Waals surface area contributed by atoms with Crippen LogP contribution in [-0.2, 0) is 0 Å². The van der Waals surface area contributed by atoms with E-state index in [-0.39, 0.29) is 11.7 Å². The van der Waals surface area contributed by atoms with E-state index in [0.717, 1.165) is 25.8 Å². The van der Waals surface area contributed by atoms with Crippen molar-refractivity contribution in [2.75, 3.05) is 27.2 Å². The number of halogens is 1. The molecule has 1 aromatic carbocycles. The molecule has 0 aliphatic rings. The largest absolute Gasteiger partial charge is 0.352 e. The summed E-state index contributed by atoms with van der Waals surface area (Å²) < 4.78 is 13.2. The molecule has 1 aromatic heterocycles. The number of unbranched alkanes of at least 4 members (excludes halogenated alkanes) is 2. The molecular formula is C19H24FN3O. The van der Waals surface area contributed by atoms with Gasteiger partial charge in [-0.3, -0.25) is 9.78 Å². The Morgan fingerprint density at radius 3 is 2.67 bits per heavy atom. The fourth-order valence-electron chi connectivity index (χ4n) is 2.38. The summed E-state index contributed by atoms with van der Waals surface area (Å²) in [5.41, 5.74) is 1.86. The van der Waals surface area contributed by atoms with Gasteiger partial charge in [0.15, 0.2) is 0 Å². The van der Waals surface area contributed by atoms with Crippen molar-refractivity contribution in [3.8, 4) is 11.3 Å². The first-order valence-corrected chi connectivity index (χ1v) is 8.21. The summed E-state index contributed by atoms with van der Waals surface area (Å²) in [6, 6.07) is 9.71. The third kappa shape index (κ3) is 5.74. The van der Waals surface area contributed by atoms with Gasteiger partial charge >= 0.3 is 0 Å². The Balaban J connectivity index is 1.81. The molecule has 2 aromatic rings. The number of carbonyl (C=O) groups excluding carboxylic acids is 1. The van der Waals surface area contributed by atoms with E-state index in [1.807, 2.05) is 0 Å². The van der Waals surface area contributed by atoms with Gasteiger partial charge in [-0.1, -0.05) is 18.6 Å². The molecule has 0 fully saturated rings. The van der Waals surface area contributed by atoms with E-state index in [1.54, 1.807) is 24.3 Å². The zero-order chi connectivity index (χ0) is 17.4. The van der Waals surface area contributed by atoms with Crippen molar-refractivity contribution in [1.82, 2.24) is 15.2 Å². The molecule has 0 atom stereocenters. The topological polar surface area (TPSA) is 45.2 Å². The summed E-state index contributed by atoms with van der Waals surface area (Å²) in [7, 11) is 4.12. The van der Waals surface area contributed by atoms with Crippen molar-refractivity contribution in [1.29, 1.82) is 0 Å². The lowest BCUT2D eigenvalue weighted by Gasteiger charge is -2.09. The van der Waals surface area contributed by atoms with Crippen molar-refractivity contribution in [2.45, 2.75) is 19.3 Å². The molecule has 1 amide bonds. The number of aromatic nitrogens is 1. The first-order valence-electron chi connectivity index (χ1n) is 8.21. The Bertz CT molecular complexity index is 656. The van der Waals surface area contributed by atoms with E-state index in [4.69, 9.17) is 0 Å². The standard InChI is InChI=1S/C19H24FN3O/c1-23(2)12-5-3-4-11-21-19(24)16-9-10-18(22-14-16)15-7-6-8-17(20)13-15/h6-10,13-14H,3-5,11-12H2,1-2H3,(H,21,24). The molecule has 0 radical (unpaired) electrons. The van der Waals surface area contributed by atoms with Crippen LogP contribution in [0.25, 0.3) is 11.3 Å². The number of nitrogens with one attached hydrogen (secondary N) is 1. The van der Waals surface area contributed by atoms with Gasteiger partial charge in [0, 0.05) is 18.3 Å². The van der Waals surface area contributed by atoms with Gasteiger partial charge in [0.2, 0.25) is 0 Å². The molecule has 24 heavy (non-hydrogen) atoms. The molecular weight excluding hydrogens is 305 g/mol. The van der Waals surface area contributed by atoms with Gasteiger partial charge < -0.3 is 10.2 Å². The van der Waals surface area contributed by atoms with Crippen LogP contribution in [0.3, 0.4) is 0 Å². The van der Waals surface area contributed by atoms with E-state index in [2.05, 4.69) is 29.3 Å². The maximum Gasteiger partial charge on any atom is 0.252 e. The molecule has 1 heterocycles. The van der Waals surface area contributed by atoms with Crippen LogP contribution in [0.2, 0.25) is 0 Å². The van der Waals surface area contributed by atoms with E-state index in [9.17, 15) is 9.18 Å². The monoisotopic (exact) mass is 329 g/mol. The lowest BCUT2D eigenvalue weighted by atomic mass is 10.1. The normalized spacial score (nSPS) is 10.8. The van der Waals surface area contributed by atoms with Gasteiger partial charge in [-0.15, -0.1) is 0 Å². The number of rotatable bonds is 8. The fourth-order valence-corrected chi connectivity index (χ4v) is 2.38. The molecule has 1 N–H and O–H groups in total. The maximum absolute atomic E-state index is 13.2. The summed E-state index contributed by atoms with van der Waals surface area (Å²) in [5, 5.41) is 2.90. The first-order chi connectivity index (χ1) is 11.6. The Kier molecular flexibility index (Phi) is 6.88. The Hall–Kier alpha value is -2.27. The van der Waals surface area contributed by atoms with Crippen LogP contribution in [0, 0.1) is 5.82 Å². The number of amides is 1. The number of pyridine rings is 1. The van der Waals surface area contributed by atoms with Crippen LogP contribution >= 0.6 is 0 Å². The van der Waals surface area contributed by atoms with Gasteiger partial charge in [-0.25, -0.2) is 4.39 Å². The first kappa shape index (κ1) is 18.1. The van der Waals surface area contributed by atoms with Crippen LogP contribution in [0.4, 0.5) is 4.39 Å². The van der Waals surface area contributed by atoms with Crippen molar-refractivity contribution in [3.05, 3.63) is 54.0 Å². The van der Waals surface area contributed by atoms with Crippen molar-refractivity contribution < 1.29 is 9.18 Å². The van der Waals surface area contributed by atoms with Crippen LogP contribution < -0.4 is 5.32 Å². The molecule has 0 unspecified atom stereocenters. The lowest BCUT2D eigenvalue weighted by molar-refractivity contribution is 0.0952. The number of carbonyl (C=O) groups is 1. The van der Waals surface area contributed by atoms with E-state index in [0.29, 0.717) is 23.4 Å². The average Bonchev–Trinajstić information content (AvgIpc) is 2.57. The number of hydrogen-bond donors (Lipinski definition) is 1. The summed E-state index contributed by atoms with van der Waals surface area (Å²) in [6.07, 6.45) is 4.72. The van der Waals surface area contributed by atoms with Gasteiger partial charge in [0.25, 0.3) is 5.91 Å². The summed E-state index contributed by atoms with van der Waals surface area (Å²) in [4.78, 5) is 18.5. The van der Waals surface area contributed by atoms with Crippen LogP contribution in [-0.4, -0.2) is 43.0 Å². The average molecular weight is 329 g/mol. The quantitative estimate of drug-likeness (QED) is 0.756. The molecule has 0 saturated heterocycles. The summed E-state index contributed by atoms with van der Waals surface area (Å²) in [5.74, 6) is -0.425. The molecule has 0 saturated carbocycles. The highest BCUT2D eigenvalue weighted by Crippen LogP contribution is 2.17. The van der Waals surface area contributed by atoms with E-state index < -0.39 is 0 Å². The molecule has 5 heteroatoms. The predicted molar refractivity (Wildman–Crippen MR) is 94.4 cm³/mol. The SMILES string of the molecule is CN(C)CCCCCNC(=O)c1ccc(-c2cccc(F)c2)nc1. The van der Waals surface area contributed by atoms with Gasteiger partial charge in [-0.05, 0) is 57.7 Å². The Morgan fingerprint density at radius 2 is 2.00 bits per heavy atom. The number of benzene rings is 1. The van der Waals surface area contributed by atoms with Crippen molar-refractivity contribution in [2.24, 2.45) is 0 Å². The molecule has 128 valence electrons. The third-order valence-electron chi connectivity index (χ3n) is 3.71. The van der Waals surface area contributed by atoms with Crippen LogP contribution in [0.5, 0.6) is 0 Å². The number of nitrogens with zero attached hydrogens (tertiary/aromatic N) is 2. The lowest BCUT2D eigenvalue weighted by Crippen LogP contribution is -2.24. The summed E-state index contributed by atoms with van der Waals surface area (Å²) >= 11 is 0. The second kappa shape index (κ2) is 9.13. The molecule has 2 rings (SSSR count). The van der Waals surface area contributed by atoms with Gasteiger partial charge in [0.1, 0.15) is 5.82 Å². The molecule has 4 nitrogen and oxygen atoms in total. The molecule has 0 aliphatic heterocycles. The van der Waals surface area contributed by atoms with Crippen LogP contribution in [0.1, 0.15) is 29.6 Å². The number of hydrogen-bond acceptors (Lipinski definition) is 3. The van der Waals surface area contributed by atoms with E-state index in [1.165, 1.54) is 18.3 Å². The zero-order valence-corrected chi connectivity index (χ0v) is 14.3. The second-order valence-corrected chi connectivity index (χ2v) is 6.06. The van der Waals surface area contributed by atoms with Gasteiger partial charge in [0.05, 0.1) is 11.3 Å². The van der Waals surface area contributed by atoms with Crippen molar-refractivity contribution >= 4 is 5.91 Å².